The van der Waals surface area contributed by atoms with Crippen LogP contribution in [0, 0.1) is 5.82 Å². The van der Waals surface area contributed by atoms with E-state index in [1.807, 2.05) is 0 Å². The molecule has 2 aromatic rings. The molecule has 0 saturated heterocycles. The van der Waals surface area contributed by atoms with Crippen molar-refractivity contribution in [2.24, 2.45) is 0 Å². The molecule has 2 N–H and O–H groups in total. The van der Waals surface area contributed by atoms with Crippen LogP contribution in [-0.2, 0) is 0 Å². The minimum Gasteiger partial charge on any atom is -0.345 e. The van der Waals surface area contributed by atoms with Gasteiger partial charge in [-0.05, 0) is 30.7 Å². The fraction of sp³-hybridized carbons (Fsp3) is 0.143. The molecule has 98 valence electrons. The Hall–Kier alpha value is -2.43. The lowest BCUT2D eigenvalue weighted by atomic mass is 10.1. The first-order chi connectivity index (χ1) is 9.06. The highest BCUT2D eigenvalue weighted by Crippen LogP contribution is 2.13. The Labute approximate surface area is 109 Å². The summed E-state index contributed by atoms with van der Waals surface area (Å²) in [7, 11) is 0. The summed E-state index contributed by atoms with van der Waals surface area (Å²) in [4.78, 5) is 25.2. The number of nitrogens with one attached hydrogen (secondary N) is 2. The molecule has 0 spiro atoms. The summed E-state index contributed by atoms with van der Waals surface area (Å²) in [5.41, 5.74) is 0.913. The third-order valence-corrected chi connectivity index (χ3v) is 2.76. The predicted molar refractivity (Wildman–Crippen MR) is 69.3 cm³/mol. The van der Waals surface area contributed by atoms with E-state index in [-0.39, 0.29) is 23.3 Å². The number of aromatic amines is 1. The van der Waals surface area contributed by atoms with Crippen molar-refractivity contribution < 1.29 is 9.18 Å². The second-order valence-corrected chi connectivity index (χ2v) is 4.19. The maximum atomic E-state index is 12.8. The number of carbonyl (C=O) groups is 1. The zero-order valence-electron chi connectivity index (χ0n) is 10.3. The third-order valence-electron chi connectivity index (χ3n) is 2.76. The molecule has 1 amide bonds. The highest BCUT2D eigenvalue weighted by Gasteiger charge is 2.11. The first-order valence-corrected chi connectivity index (χ1v) is 5.81. The average molecular weight is 260 g/mol. The van der Waals surface area contributed by atoms with E-state index in [1.54, 1.807) is 19.1 Å². The van der Waals surface area contributed by atoms with Gasteiger partial charge in [-0.1, -0.05) is 12.1 Å². The van der Waals surface area contributed by atoms with Crippen molar-refractivity contribution in [3.05, 3.63) is 69.9 Å². The molecule has 0 aliphatic heterocycles. The summed E-state index contributed by atoms with van der Waals surface area (Å²) in [6, 6.07) is 8.42. The molecule has 19 heavy (non-hydrogen) atoms. The lowest BCUT2D eigenvalue weighted by Crippen LogP contribution is -2.27. The van der Waals surface area contributed by atoms with Crippen LogP contribution in [-0.4, -0.2) is 10.9 Å². The van der Waals surface area contributed by atoms with Crippen molar-refractivity contribution in [3.8, 4) is 0 Å². The first-order valence-electron chi connectivity index (χ1n) is 5.81. The van der Waals surface area contributed by atoms with Crippen LogP contribution in [0.5, 0.6) is 0 Å². The number of carbonyl (C=O) groups excluding carboxylic acids is 1. The minimum atomic E-state index is -0.317. The lowest BCUT2D eigenvalue weighted by molar-refractivity contribution is 0.0939. The molecule has 1 atom stereocenters. The van der Waals surface area contributed by atoms with Crippen molar-refractivity contribution in [1.82, 2.24) is 10.3 Å². The number of benzene rings is 1. The molecule has 0 radical (unpaired) electrons. The molecule has 0 bridgehead atoms. The van der Waals surface area contributed by atoms with E-state index in [2.05, 4.69) is 10.3 Å². The molecule has 4 nitrogen and oxygen atoms in total. The minimum absolute atomic E-state index is 0.250. The van der Waals surface area contributed by atoms with Crippen LogP contribution < -0.4 is 10.9 Å². The molecule has 0 aliphatic rings. The Kier molecular flexibility index (Phi) is 3.75. The predicted octanol–water partition coefficient (Wildman–Crippen LogP) is 2.00. The Balaban J connectivity index is 2.08. The van der Waals surface area contributed by atoms with Gasteiger partial charge < -0.3 is 10.3 Å². The molecule has 0 unspecified atom stereocenters. The lowest BCUT2D eigenvalue weighted by Gasteiger charge is -2.14. The summed E-state index contributed by atoms with van der Waals surface area (Å²) in [5, 5.41) is 2.77. The Morgan fingerprint density at radius 1 is 1.21 bits per heavy atom. The first kappa shape index (κ1) is 13.0. The van der Waals surface area contributed by atoms with Crippen molar-refractivity contribution >= 4 is 5.91 Å². The molecule has 0 saturated carbocycles. The highest BCUT2D eigenvalue weighted by molar-refractivity contribution is 5.94. The van der Waals surface area contributed by atoms with Crippen LogP contribution in [0.3, 0.4) is 0 Å². The molecule has 0 fully saturated rings. The third kappa shape index (κ3) is 3.28. The van der Waals surface area contributed by atoms with Crippen LogP contribution >= 0.6 is 0 Å². The van der Waals surface area contributed by atoms with Crippen molar-refractivity contribution in [1.29, 1.82) is 0 Å². The normalized spacial score (nSPS) is 11.9. The Morgan fingerprint density at radius 2 is 1.89 bits per heavy atom. The van der Waals surface area contributed by atoms with E-state index in [9.17, 15) is 14.0 Å². The van der Waals surface area contributed by atoms with E-state index < -0.39 is 0 Å². The van der Waals surface area contributed by atoms with Crippen molar-refractivity contribution in [3.63, 3.8) is 0 Å². The van der Waals surface area contributed by atoms with Gasteiger partial charge in [-0.15, -0.1) is 0 Å². The molecular formula is C14H13FN2O2. The molecule has 1 aromatic carbocycles. The molecule has 1 heterocycles. The number of hydrogen-bond donors (Lipinski definition) is 2. The molecular weight excluding hydrogens is 247 g/mol. The fourth-order valence-electron chi connectivity index (χ4n) is 1.67. The topological polar surface area (TPSA) is 62.0 Å². The maximum absolute atomic E-state index is 12.8. The van der Waals surface area contributed by atoms with Gasteiger partial charge in [0.05, 0.1) is 11.6 Å². The van der Waals surface area contributed by atoms with Gasteiger partial charge in [0.25, 0.3) is 5.91 Å². The summed E-state index contributed by atoms with van der Waals surface area (Å²) in [6.07, 6.45) is 1.36. The van der Waals surface area contributed by atoms with Crippen molar-refractivity contribution in [2.75, 3.05) is 0 Å². The van der Waals surface area contributed by atoms with Gasteiger partial charge in [-0.25, -0.2) is 4.39 Å². The number of amides is 1. The standard InChI is InChI=1S/C14H13FN2O2/c1-9(10-2-5-12(15)6-3-10)17-14(19)11-4-7-13(18)16-8-11/h2-9H,1H3,(H,16,18)(H,17,19)/t9-/m0/s1. The smallest absolute Gasteiger partial charge is 0.253 e. The number of aromatic nitrogens is 1. The van der Waals surface area contributed by atoms with Crippen LogP contribution in [0.4, 0.5) is 4.39 Å². The zero-order chi connectivity index (χ0) is 13.8. The van der Waals surface area contributed by atoms with E-state index in [0.29, 0.717) is 5.56 Å². The van der Waals surface area contributed by atoms with Gasteiger partial charge in [0.15, 0.2) is 0 Å². The SMILES string of the molecule is C[C@H](NC(=O)c1ccc(=O)[nH]c1)c1ccc(F)cc1. The van der Waals surface area contributed by atoms with Crippen LogP contribution in [0.15, 0.2) is 47.4 Å². The van der Waals surface area contributed by atoms with Gasteiger partial charge in [0.2, 0.25) is 5.56 Å². The Morgan fingerprint density at radius 3 is 2.47 bits per heavy atom. The van der Waals surface area contributed by atoms with Gasteiger partial charge in [0.1, 0.15) is 5.82 Å². The van der Waals surface area contributed by atoms with Gasteiger partial charge in [-0.3, -0.25) is 9.59 Å². The monoisotopic (exact) mass is 260 g/mol. The maximum Gasteiger partial charge on any atom is 0.253 e. The van der Waals surface area contributed by atoms with Gasteiger partial charge >= 0.3 is 0 Å². The largest absolute Gasteiger partial charge is 0.345 e. The number of rotatable bonds is 3. The van der Waals surface area contributed by atoms with Crippen molar-refractivity contribution in [2.45, 2.75) is 13.0 Å². The summed E-state index contributed by atoms with van der Waals surface area (Å²) in [5.74, 6) is -0.615. The van der Waals surface area contributed by atoms with E-state index >= 15 is 0 Å². The molecule has 1 aromatic heterocycles. The second kappa shape index (κ2) is 5.48. The van der Waals surface area contributed by atoms with E-state index in [4.69, 9.17) is 0 Å². The fourth-order valence-corrected chi connectivity index (χ4v) is 1.67. The second-order valence-electron chi connectivity index (χ2n) is 4.19. The molecule has 0 aliphatic carbocycles. The summed E-state index contributed by atoms with van der Waals surface area (Å²) >= 11 is 0. The quantitative estimate of drug-likeness (QED) is 0.886. The molecule has 2 rings (SSSR count). The highest BCUT2D eigenvalue weighted by atomic mass is 19.1. The van der Waals surface area contributed by atoms with Crippen LogP contribution in [0.1, 0.15) is 28.9 Å². The number of pyridine rings is 1. The van der Waals surface area contributed by atoms with E-state index in [0.717, 1.165) is 5.56 Å². The van der Waals surface area contributed by atoms with Gasteiger partial charge in [0, 0.05) is 12.3 Å². The number of hydrogen-bond acceptors (Lipinski definition) is 2. The Bertz CT molecular complexity index is 614. The van der Waals surface area contributed by atoms with E-state index in [1.165, 1.54) is 30.5 Å². The average Bonchev–Trinajstić information content (AvgIpc) is 2.40. The van der Waals surface area contributed by atoms with Crippen LogP contribution in [0.2, 0.25) is 0 Å². The number of halogens is 1. The summed E-state index contributed by atoms with van der Waals surface area (Å²) in [6.45, 7) is 1.80. The van der Waals surface area contributed by atoms with Gasteiger partial charge in [-0.2, -0.15) is 0 Å². The molecule has 5 heteroatoms. The van der Waals surface area contributed by atoms with Crippen LogP contribution in [0.25, 0.3) is 0 Å². The summed E-state index contributed by atoms with van der Waals surface area (Å²) < 4.78 is 12.8. The zero-order valence-corrected chi connectivity index (χ0v) is 10.3. The number of H-pyrrole nitrogens is 1.